The van der Waals surface area contributed by atoms with E-state index in [0.717, 1.165) is 38.8 Å². The second kappa shape index (κ2) is 7.03. The fourth-order valence-electron chi connectivity index (χ4n) is 3.79. The van der Waals surface area contributed by atoms with E-state index in [1.54, 1.807) is 0 Å². The zero-order valence-electron chi connectivity index (χ0n) is 14.5. The maximum Gasteiger partial charge on any atom is 0.410 e. The molecule has 2 rings (SSSR count). The summed E-state index contributed by atoms with van der Waals surface area (Å²) in [5, 5.41) is 0. The lowest BCUT2D eigenvalue weighted by atomic mass is 9.88. The normalized spacial score (nSPS) is 32.3. The average Bonchev–Trinajstić information content (AvgIpc) is 2.63. The largest absolute Gasteiger partial charge is 0.444 e. The van der Waals surface area contributed by atoms with Gasteiger partial charge < -0.3 is 14.4 Å². The van der Waals surface area contributed by atoms with E-state index in [2.05, 4.69) is 13.5 Å². The van der Waals surface area contributed by atoms with Crippen molar-refractivity contribution >= 4 is 6.09 Å². The second-order valence-electron chi connectivity index (χ2n) is 7.62. The van der Waals surface area contributed by atoms with Gasteiger partial charge in [-0.15, -0.1) is 6.58 Å². The van der Waals surface area contributed by atoms with Crippen LogP contribution in [-0.4, -0.2) is 41.9 Å². The Morgan fingerprint density at radius 2 is 2.18 bits per heavy atom. The molecule has 4 atom stereocenters. The number of fused-ring (bicyclic) bond motifs is 1. The minimum Gasteiger partial charge on any atom is -0.444 e. The quantitative estimate of drug-likeness (QED) is 0.740. The lowest BCUT2D eigenvalue weighted by Gasteiger charge is -2.29. The van der Waals surface area contributed by atoms with Crippen LogP contribution in [0.4, 0.5) is 4.79 Å². The van der Waals surface area contributed by atoms with Gasteiger partial charge in [0.2, 0.25) is 0 Å². The van der Waals surface area contributed by atoms with Gasteiger partial charge in [-0.25, -0.2) is 4.79 Å². The molecule has 2 aliphatic heterocycles. The minimum absolute atomic E-state index is 0.141. The molecule has 0 unspecified atom stereocenters. The van der Waals surface area contributed by atoms with Crippen LogP contribution < -0.4 is 0 Å². The van der Waals surface area contributed by atoms with Crippen LogP contribution in [-0.2, 0) is 9.47 Å². The van der Waals surface area contributed by atoms with E-state index in [1.807, 2.05) is 31.7 Å². The van der Waals surface area contributed by atoms with Gasteiger partial charge >= 0.3 is 6.09 Å². The summed E-state index contributed by atoms with van der Waals surface area (Å²) in [6, 6.07) is 0.141. The molecule has 2 fully saturated rings. The fraction of sp³-hybridized carbons (Fsp3) is 0.833. The third-order valence-corrected chi connectivity index (χ3v) is 4.69. The van der Waals surface area contributed by atoms with E-state index in [-0.39, 0.29) is 18.2 Å². The molecule has 0 radical (unpaired) electrons. The highest BCUT2D eigenvalue weighted by atomic mass is 16.6. The van der Waals surface area contributed by atoms with Crippen molar-refractivity contribution in [3.8, 4) is 0 Å². The predicted octanol–water partition coefficient (Wildman–Crippen LogP) is 4.00. The Hall–Kier alpha value is -1.03. The van der Waals surface area contributed by atoms with E-state index >= 15 is 0 Å². The van der Waals surface area contributed by atoms with Crippen LogP contribution in [0.3, 0.4) is 0 Å². The Balaban J connectivity index is 2.08. The molecule has 0 saturated carbocycles. The molecule has 1 amide bonds. The van der Waals surface area contributed by atoms with Gasteiger partial charge in [0, 0.05) is 19.1 Å². The van der Waals surface area contributed by atoms with Gasteiger partial charge in [-0.2, -0.15) is 0 Å². The molecule has 0 bridgehead atoms. The maximum atomic E-state index is 12.5. The molecule has 126 valence electrons. The van der Waals surface area contributed by atoms with Crippen molar-refractivity contribution in [3.05, 3.63) is 12.7 Å². The SMILES string of the molecule is C=CC[C@@H]1CCO[C@@H]2[C@@H](C1)CN(C(=O)OC(C)(C)C)[C@@H]2CC. The molecule has 0 aliphatic carbocycles. The molecule has 4 heteroatoms. The highest BCUT2D eigenvalue weighted by molar-refractivity contribution is 5.69. The van der Waals surface area contributed by atoms with Gasteiger partial charge in [0.1, 0.15) is 5.60 Å². The third-order valence-electron chi connectivity index (χ3n) is 4.69. The molecule has 4 nitrogen and oxygen atoms in total. The van der Waals surface area contributed by atoms with Gasteiger partial charge in [0.15, 0.2) is 0 Å². The van der Waals surface area contributed by atoms with Crippen LogP contribution >= 0.6 is 0 Å². The molecule has 0 spiro atoms. The molecule has 22 heavy (non-hydrogen) atoms. The van der Waals surface area contributed by atoms with E-state index in [9.17, 15) is 4.79 Å². The average molecular weight is 309 g/mol. The number of allylic oxidation sites excluding steroid dienone is 1. The number of rotatable bonds is 3. The first-order valence-electron chi connectivity index (χ1n) is 8.57. The highest BCUT2D eigenvalue weighted by Crippen LogP contribution is 2.37. The Morgan fingerprint density at radius 1 is 1.45 bits per heavy atom. The number of ether oxygens (including phenoxy) is 2. The van der Waals surface area contributed by atoms with Crippen LogP contribution in [0.15, 0.2) is 12.7 Å². The Bertz CT molecular complexity index is 402. The molecule has 0 aromatic heterocycles. The van der Waals surface area contributed by atoms with Crippen molar-refractivity contribution < 1.29 is 14.3 Å². The first kappa shape index (κ1) is 17.3. The summed E-state index contributed by atoms with van der Waals surface area (Å²) >= 11 is 0. The summed E-state index contributed by atoms with van der Waals surface area (Å²) in [6.45, 7) is 13.3. The fourth-order valence-corrected chi connectivity index (χ4v) is 3.79. The smallest absolute Gasteiger partial charge is 0.410 e. The van der Waals surface area contributed by atoms with Crippen LogP contribution in [0, 0.1) is 11.8 Å². The lowest BCUT2D eigenvalue weighted by molar-refractivity contribution is -0.00307. The molecule has 2 saturated heterocycles. The van der Waals surface area contributed by atoms with E-state index in [1.165, 1.54) is 0 Å². The standard InChI is InChI=1S/C18H31NO3/c1-6-8-13-9-10-21-16-14(11-13)12-19(15(16)7-2)17(20)22-18(3,4)5/h6,13-16H,1,7-12H2,2-5H3/t13-,14+,15-,16-/m1/s1. The van der Waals surface area contributed by atoms with Crippen molar-refractivity contribution in [3.63, 3.8) is 0 Å². The summed E-state index contributed by atoms with van der Waals surface area (Å²) in [5.74, 6) is 1.05. The Kier molecular flexibility index (Phi) is 5.54. The minimum atomic E-state index is -0.452. The van der Waals surface area contributed by atoms with Crippen molar-refractivity contribution in [2.24, 2.45) is 11.8 Å². The van der Waals surface area contributed by atoms with Crippen molar-refractivity contribution in [1.82, 2.24) is 4.90 Å². The van der Waals surface area contributed by atoms with Crippen LogP contribution in [0.5, 0.6) is 0 Å². The second-order valence-corrected chi connectivity index (χ2v) is 7.62. The monoisotopic (exact) mass is 309 g/mol. The van der Waals surface area contributed by atoms with E-state index < -0.39 is 5.60 Å². The summed E-state index contributed by atoms with van der Waals surface area (Å²) < 4.78 is 11.7. The van der Waals surface area contributed by atoms with Crippen molar-refractivity contribution in [1.29, 1.82) is 0 Å². The van der Waals surface area contributed by atoms with Gasteiger partial charge in [0.05, 0.1) is 12.1 Å². The number of hydrogen-bond acceptors (Lipinski definition) is 3. The first-order chi connectivity index (χ1) is 10.4. The van der Waals surface area contributed by atoms with Crippen molar-refractivity contribution in [2.75, 3.05) is 13.2 Å². The van der Waals surface area contributed by atoms with Gasteiger partial charge in [0.25, 0.3) is 0 Å². The lowest BCUT2D eigenvalue weighted by Crippen LogP contribution is -2.42. The predicted molar refractivity (Wildman–Crippen MR) is 87.8 cm³/mol. The Labute approximate surface area is 134 Å². The molecule has 0 N–H and O–H groups in total. The van der Waals surface area contributed by atoms with Gasteiger partial charge in [-0.3, -0.25) is 0 Å². The van der Waals surface area contributed by atoms with Gasteiger partial charge in [-0.05, 0) is 52.4 Å². The number of nitrogens with zero attached hydrogens (tertiary/aromatic N) is 1. The van der Waals surface area contributed by atoms with Crippen LogP contribution in [0.25, 0.3) is 0 Å². The number of carbonyl (C=O) groups is 1. The summed E-state index contributed by atoms with van der Waals surface area (Å²) in [7, 11) is 0. The molecular formula is C18H31NO3. The van der Waals surface area contributed by atoms with E-state index in [4.69, 9.17) is 9.47 Å². The maximum absolute atomic E-state index is 12.5. The number of hydrogen-bond donors (Lipinski definition) is 0. The molecule has 2 heterocycles. The summed E-state index contributed by atoms with van der Waals surface area (Å²) in [6.07, 6.45) is 6.13. The first-order valence-corrected chi connectivity index (χ1v) is 8.57. The highest BCUT2D eigenvalue weighted by Gasteiger charge is 2.46. The number of carbonyl (C=O) groups excluding carboxylic acids is 1. The summed E-state index contributed by atoms with van der Waals surface area (Å²) in [5.41, 5.74) is -0.452. The number of likely N-dealkylation sites (tertiary alicyclic amines) is 1. The van der Waals surface area contributed by atoms with Crippen molar-refractivity contribution in [2.45, 2.75) is 71.1 Å². The molecular weight excluding hydrogens is 278 g/mol. The zero-order valence-corrected chi connectivity index (χ0v) is 14.5. The molecule has 2 aliphatic rings. The van der Waals surface area contributed by atoms with Crippen LogP contribution in [0.2, 0.25) is 0 Å². The Morgan fingerprint density at radius 3 is 2.77 bits per heavy atom. The molecule has 0 aromatic rings. The van der Waals surface area contributed by atoms with E-state index in [0.29, 0.717) is 11.8 Å². The van der Waals surface area contributed by atoms with Gasteiger partial charge in [-0.1, -0.05) is 13.0 Å². The topological polar surface area (TPSA) is 38.8 Å². The zero-order chi connectivity index (χ0) is 16.3. The molecule has 0 aromatic carbocycles. The number of amides is 1. The summed E-state index contributed by atoms with van der Waals surface area (Å²) in [4.78, 5) is 14.4. The van der Waals surface area contributed by atoms with Crippen LogP contribution in [0.1, 0.15) is 53.4 Å². The third kappa shape index (κ3) is 4.03.